The summed E-state index contributed by atoms with van der Waals surface area (Å²) in [6.45, 7) is 2.20. The van der Waals surface area contributed by atoms with Crippen molar-refractivity contribution < 1.29 is 12.9 Å². The Morgan fingerprint density at radius 2 is 1.91 bits per heavy atom. The highest BCUT2D eigenvalue weighted by atomic mass is 32.2. The minimum absolute atomic E-state index is 0.0111. The third-order valence-corrected chi connectivity index (χ3v) is 2.62. The van der Waals surface area contributed by atoms with Gasteiger partial charge in [-0.1, -0.05) is 6.92 Å². The summed E-state index contributed by atoms with van der Waals surface area (Å²) in [7, 11) is 0. The molecule has 0 radical (unpaired) electrons. The molecule has 1 fully saturated rings. The number of rotatable bonds is 2. The molecule has 0 bridgehead atoms. The van der Waals surface area contributed by atoms with Crippen LogP contribution in [0.5, 0.6) is 0 Å². The lowest BCUT2D eigenvalue weighted by Gasteiger charge is -2.24. The summed E-state index contributed by atoms with van der Waals surface area (Å²) < 4.78 is 23.4. The van der Waals surface area contributed by atoms with E-state index in [2.05, 4.69) is 6.92 Å². The third kappa shape index (κ3) is 3.31. The van der Waals surface area contributed by atoms with Crippen molar-refractivity contribution in [3.8, 4) is 0 Å². The second-order valence-corrected chi connectivity index (χ2v) is 3.82. The van der Waals surface area contributed by atoms with Crippen LogP contribution in [0.4, 0.5) is 0 Å². The molecule has 1 saturated carbocycles. The second-order valence-electron chi connectivity index (χ2n) is 3.20. The molecule has 0 aromatic heterocycles. The third-order valence-electron chi connectivity index (χ3n) is 2.18. The van der Waals surface area contributed by atoms with Crippen molar-refractivity contribution in [3.05, 3.63) is 0 Å². The average molecular weight is 178 g/mol. The van der Waals surface area contributed by atoms with Crippen LogP contribution in [-0.2, 0) is 15.5 Å². The van der Waals surface area contributed by atoms with Gasteiger partial charge in [-0.3, -0.25) is 8.74 Å². The first-order valence-corrected chi connectivity index (χ1v) is 4.99. The summed E-state index contributed by atoms with van der Waals surface area (Å²) in [4.78, 5) is 0. The Bertz CT molecular complexity index is 141. The van der Waals surface area contributed by atoms with Gasteiger partial charge in [0.25, 0.3) is 0 Å². The largest absolute Gasteiger partial charge is 0.302 e. The van der Waals surface area contributed by atoms with Gasteiger partial charge in [0.2, 0.25) is 0 Å². The Labute approximate surface area is 69.6 Å². The predicted octanol–water partition coefficient (Wildman–Crippen LogP) is 1.72. The molecule has 0 spiro atoms. The summed E-state index contributed by atoms with van der Waals surface area (Å²) in [5.41, 5.74) is 0. The minimum atomic E-state index is -2.07. The summed E-state index contributed by atoms with van der Waals surface area (Å²) >= 11 is -2.07. The Morgan fingerprint density at radius 3 is 2.36 bits per heavy atom. The molecule has 1 unspecified atom stereocenters. The van der Waals surface area contributed by atoms with Crippen molar-refractivity contribution in [2.45, 2.75) is 38.7 Å². The van der Waals surface area contributed by atoms with Gasteiger partial charge in [-0.15, -0.1) is 0 Å². The smallest absolute Gasteiger partial charge is 0.284 e. The quantitative estimate of drug-likeness (QED) is 0.655. The van der Waals surface area contributed by atoms with Gasteiger partial charge in [0.15, 0.2) is 0 Å². The average Bonchev–Trinajstić information content (AvgIpc) is 1.93. The van der Waals surface area contributed by atoms with Gasteiger partial charge in [-0.05, 0) is 31.6 Å². The molecule has 1 aliphatic rings. The molecule has 0 aromatic carbocycles. The van der Waals surface area contributed by atoms with Crippen LogP contribution < -0.4 is 0 Å². The van der Waals surface area contributed by atoms with Crippen molar-refractivity contribution in [1.29, 1.82) is 0 Å². The van der Waals surface area contributed by atoms with Crippen LogP contribution in [0, 0.1) is 5.92 Å². The molecular weight excluding hydrogens is 164 g/mol. The maximum atomic E-state index is 10.2. The van der Waals surface area contributed by atoms with E-state index in [4.69, 9.17) is 8.74 Å². The van der Waals surface area contributed by atoms with Gasteiger partial charge in [0, 0.05) is 0 Å². The fourth-order valence-corrected chi connectivity index (χ4v) is 1.87. The van der Waals surface area contributed by atoms with E-state index in [-0.39, 0.29) is 6.10 Å². The Morgan fingerprint density at radius 1 is 1.36 bits per heavy atom. The molecule has 11 heavy (non-hydrogen) atoms. The molecule has 0 amide bonds. The van der Waals surface area contributed by atoms with E-state index in [0.29, 0.717) is 0 Å². The maximum absolute atomic E-state index is 10.2. The van der Waals surface area contributed by atoms with Gasteiger partial charge in [0.05, 0.1) is 6.10 Å². The lowest BCUT2D eigenvalue weighted by Crippen LogP contribution is -2.21. The lowest BCUT2D eigenvalue weighted by molar-refractivity contribution is 0.139. The van der Waals surface area contributed by atoms with Crippen molar-refractivity contribution in [1.82, 2.24) is 0 Å². The molecule has 0 heterocycles. The van der Waals surface area contributed by atoms with Gasteiger partial charge in [-0.2, -0.15) is 4.21 Å². The summed E-state index contributed by atoms with van der Waals surface area (Å²) in [6.07, 6.45) is 4.09. The monoisotopic (exact) mass is 178 g/mol. The summed E-state index contributed by atoms with van der Waals surface area (Å²) in [6, 6.07) is 0. The Balaban J connectivity index is 2.22. The van der Waals surface area contributed by atoms with Crippen LogP contribution in [0.1, 0.15) is 32.6 Å². The summed E-state index contributed by atoms with van der Waals surface area (Å²) in [5, 5.41) is 0. The molecule has 66 valence electrons. The molecule has 0 aromatic rings. The Kier molecular flexibility index (Phi) is 3.48. The number of hydrogen-bond acceptors (Lipinski definition) is 2. The second kappa shape index (κ2) is 4.18. The lowest BCUT2D eigenvalue weighted by atomic mass is 9.89. The molecule has 1 aliphatic carbocycles. The highest BCUT2D eigenvalue weighted by Gasteiger charge is 2.20. The standard InChI is InChI=1S/C7H14O3S/c1-6-2-4-7(5-3-6)10-11(8)9/h6-7H,2-5H2,1H3,(H,8,9). The van der Waals surface area contributed by atoms with Gasteiger partial charge in [0.1, 0.15) is 0 Å². The minimum Gasteiger partial charge on any atom is -0.284 e. The predicted molar refractivity (Wildman–Crippen MR) is 43.3 cm³/mol. The maximum Gasteiger partial charge on any atom is 0.302 e. The normalized spacial score (nSPS) is 35.1. The SMILES string of the molecule is CC1CCC(OS(=O)O)CC1. The first-order chi connectivity index (χ1) is 5.18. The molecule has 3 nitrogen and oxygen atoms in total. The molecule has 1 N–H and O–H groups in total. The van der Waals surface area contributed by atoms with E-state index >= 15 is 0 Å². The van der Waals surface area contributed by atoms with Crippen molar-refractivity contribution in [2.24, 2.45) is 5.92 Å². The van der Waals surface area contributed by atoms with E-state index in [1.165, 1.54) is 0 Å². The zero-order chi connectivity index (χ0) is 8.27. The van der Waals surface area contributed by atoms with E-state index in [9.17, 15) is 4.21 Å². The number of hydrogen-bond donors (Lipinski definition) is 1. The molecule has 1 atom stereocenters. The molecule has 1 rings (SSSR count). The van der Waals surface area contributed by atoms with Gasteiger partial charge < -0.3 is 0 Å². The van der Waals surface area contributed by atoms with Crippen LogP contribution in [-0.4, -0.2) is 14.9 Å². The van der Waals surface area contributed by atoms with Gasteiger partial charge >= 0.3 is 11.4 Å². The van der Waals surface area contributed by atoms with Crippen LogP contribution in [0.3, 0.4) is 0 Å². The van der Waals surface area contributed by atoms with Gasteiger partial charge in [-0.25, -0.2) is 0 Å². The van der Waals surface area contributed by atoms with E-state index in [0.717, 1.165) is 31.6 Å². The van der Waals surface area contributed by atoms with Crippen molar-refractivity contribution >= 4 is 11.4 Å². The van der Waals surface area contributed by atoms with Crippen LogP contribution in [0.15, 0.2) is 0 Å². The van der Waals surface area contributed by atoms with Crippen LogP contribution in [0.25, 0.3) is 0 Å². The molecular formula is C7H14O3S. The van der Waals surface area contributed by atoms with E-state index < -0.39 is 11.4 Å². The molecule has 0 aliphatic heterocycles. The van der Waals surface area contributed by atoms with E-state index in [1.807, 2.05) is 0 Å². The van der Waals surface area contributed by atoms with Crippen molar-refractivity contribution in [2.75, 3.05) is 0 Å². The molecule has 4 heteroatoms. The molecule has 0 saturated heterocycles. The van der Waals surface area contributed by atoms with Crippen LogP contribution >= 0.6 is 0 Å². The Hall–Kier alpha value is 0.0700. The van der Waals surface area contributed by atoms with Crippen molar-refractivity contribution in [3.63, 3.8) is 0 Å². The fraction of sp³-hybridized carbons (Fsp3) is 1.00. The zero-order valence-electron chi connectivity index (χ0n) is 6.66. The fourth-order valence-electron chi connectivity index (χ4n) is 1.44. The highest BCUT2D eigenvalue weighted by Crippen LogP contribution is 2.25. The summed E-state index contributed by atoms with van der Waals surface area (Å²) in [5.74, 6) is 0.752. The zero-order valence-corrected chi connectivity index (χ0v) is 7.47. The van der Waals surface area contributed by atoms with Crippen LogP contribution in [0.2, 0.25) is 0 Å². The van der Waals surface area contributed by atoms with E-state index in [1.54, 1.807) is 0 Å². The highest BCUT2D eigenvalue weighted by molar-refractivity contribution is 7.74. The first kappa shape index (κ1) is 9.16. The first-order valence-electron chi connectivity index (χ1n) is 3.96. The topological polar surface area (TPSA) is 46.5 Å².